The zero-order chi connectivity index (χ0) is 18.2. The summed E-state index contributed by atoms with van der Waals surface area (Å²) in [5, 5.41) is 19.8. The summed E-state index contributed by atoms with van der Waals surface area (Å²) in [5.41, 5.74) is 4.19. The number of anilines is 1. The van der Waals surface area contributed by atoms with Crippen LogP contribution >= 0.6 is 27.5 Å². The number of aromatic carboxylic acids is 1. The van der Waals surface area contributed by atoms with Crippen LogP contribution in [-0.2, 0) is 9.84 Å². The van der Waals surface area contributed by atoms with E-state index in [1.807, 2.05) is 0 Å². The summed E-state index contributed by atoms with van der Waals surface area (Å²) in [6, 6.07) is 5.21. The molecule has 2 rings (SSSR count). The quantitative estimate of drug-likeness (QED) is 0.427. The lowest BCUT2D eigenvalue weighted by atomic mass is 10.2. The third-order valence-electron chi connectivity index (χ3n) is 3.05. The molecule has 11 heteroatoms. The van der Waals surface area contributed by atoms with Crippen molar-refractivity contribution < 1.29 is 23.2 Å². The number of nitrogens with two attached hydrogens (primary N) is 1. The lowest BCUT2D eigenvalue weighted by molar-refractivity contribution is -0.384. The molecule has 0 radical (unpaired) electrons. The first-order valence-corrected chi connectivity index (χ1v) is 8.72. The predicted octanol–water partition coefficient (Wildman–Crippen LogP) is 3.12. The fraction of sp³-hybridized carbons (Fsp3) is 0. The second-order valence-corrected chi connectivity index (χ2v) is 7.79. The van der Waals surface area contributed by atoms with Gasteiger partial charge in [-0.3, -0.25) is 10.1 Å². The zero-order valence-corrected chi connectivity index (χ0v) is 14.7. The number of benzene rings is 2. The Morgan fingerprint density at radius 3 is 2.46 bits per heavy atom. The minimum Gasteiger partial charge on any atom is -0.478 e. The molecule has 0 aliphatic heterocycles. The fourth-order valence-electron chi connectivity index (χ4n) is 1.92. The molecule has 0 bridgehead atoms. The monoisotopic (exact) mass is 434 g/mol. The van der Waals surface area contributed by atoms with E-state index in [4.69, 9.17) is 22.4 Å². The van der Waals surface area contributed by atoms with Crippen LogP contribution in [0.15, 0.2) is 44.6 Å². The second-order valence-electron chi connectivity index (χ2n) is 4.54. The van der Waals surface area contributed by atoms with E-state index < -0.39 is 47.5 Å². The van der Waals surface area contributed by atoms with Crippen molar-refractivity contribution in [3.05, 3.63) is 55.5 Å². The van der Waals surface area contributed by atoms with E-state index in [1.165, 1.54) is 0 Å². The standard InChI is InChI=1S/C13H8BrClN2O6S/c14-6-3-8(13(18)19)12(16)11(4-6)24(22,23)7-1-2-9(15)10(5-7)17(20)21/h1-5H,16H2,(H,18,19). The Balaban J connectivity index is 2.75. The predicted molar refractivity (Wildman–Crippen MR) is 89.1 cm³/mol. The van der Waals surface area contributed by atoms with Crippen LogP contribution in [0.5, 0.6) is 0 Å². The SMILES string of the molecule is Nc1c(C(=O)O)cc(Br)cc1S(=O)(=O)c1ccc(Cl)c([N+](=O)[O-])c1. The number of halogens is 2. The molecule has 0 amide bonds. The Kier molecular flexibility index (Phi) is 4.83. The van der Waals surface area contributed by atoms with Crippen molar-refractivity contribution in [1.82, 2.24) is 0 Å². The summed E-state index contributed by atoms with van der Waals surface area (Å²) in [4.78, 5) is 20.4. The van der Waals surface area contributed by atoms with Crippen molar-refractivity contribution in [3.63, 3.8) is 0 Å². The number of carbonyl (C=O) groups is 1. The van der Waals surface area contributed by atoms with Crippen LogP contribution in [0.1, 0.15) is 10.4 Å². The van der Waals surface area contributed by atoms with E-state index in [9.17, 15) is 23.3 Å². The van der Waals surface area contributed by atoms with Crippen LogP contribution in [0.3, 0.4) is 0 Å². The van der Waals surface area contributed by atoms with Gasteiger partial charge in [-0.2, -0.15) is 0 Å². The average Bonchev–Trinajstić information content (AvgIpc) is 2.48. The highest BCUT2D eigenvalue weighted by Gasteiger charge is 2.27. The maximum absolute atomic E-state index is 12.7. The summed E-state index contributed by atoms with van der Waals surface area (Å²) < 4.78 is 25.6. The molecule has 2 aromatic rings. The first-order valence-electron chi connectivity index (χ1n) is 6.07. The molecule has 8 nitrogen and oxygen atoms in total. The lowest BCUT2D eigenvalue weighted by Crippen LogP contribution is -2.11. The normalized spacial score (nSPS) is 11.2. The summed E-state index contributed by atoms with van der Waals surface area (Å²) in [6.45, 7) is 0. The molecule has 0 unspecified atom stereocenters. The molecule has 3 N–H and O–H groups in total. The molecule has 0 fully saturated rings. The average molecular weight is 436 g/mol. The minimum atomic E-state index is -4.30. The lowest BCUT2D eigenvalue weighted by Gasteiger charge is -2.11. The van der Waals surface area contributed by atoms with Gasteiger partial charge < -0.3 is 10.8 Å². The molecule has 0 heterocycles. The van der Waals surface area contributed by atoms with Gasteiger partial charge in [0, 0.05) is 10.5 Å². The molecule has 0 aliphatic rings. The van der Waals surface area contributed by atoms with Gasteiger partial charge in [0.25, 0.3) is 5.69 Å². The van der Waals surface area contributed by atoms with Gasteiger partial charge in [-0.25, -0.2) is 13.2 Å². The number of carboxylic acid groups (broad SMARTS) is 1. The van der Waals surface area contributed by atoms with Crippen LogP contribution in [-0.4, -0.2) is 24.4 Å². The third kappa shape index (κ3) is 3.21. The number of carboxylic acids is 1. The molecular weight excluding hydrogens is 428 g/mol. The third-order valence-corrected chi connectivity index (χ3v) is 5.62. The van der Waals surface area contributed by atoms with Gasteiger partial charge in [0.05, 0.1) is 26.0 Å². The van der Waals surface area contributed by atoms with E-state index in [-0.39, 0.29) is 9.50 Å². The van der Waals surface area contributed by atoms with Gasteiger partial charge in [-0.05, 0) is 24.3 Å². The first kappa shape index (κ1) is 18.2. The van der Waals surface area contributed by atoms with Crippen molar-refractivity contribution in [2.75, 3.05) is 5.73 Å². The van der Waals surface area contributed by atoms with Gasteiger partial charge in [-0.1, -0.05) is 27.5 Å². The van der Waals surface area contributed by atoms with Gasteiger partial charge in [-0.15, -0.1) is 0 Å². The van der Waals surface area contributed by atoms with E-state index in [2.05, 4.69) is 15.9 Å². The molecule has 0 spiro atoms. The van der Waals surface area contributed by atoms with Crippen LogP contribution in [0.4, 0.5) is 11.4 Å². The summed E-state index contributed by atoms with van der Waals surface area (Å²) in [6.07, 6.45) is 0. The topological polar surface area (TPSA) is 141 Å². The molecule has 2 aromatic carbocycles. The summed E-state index contributed by atoms with van der Waals surface area (Å²) in [5.74, 6) is -1.41. The highest BCUT2D eigenvalue weighted by Crippen LogP contribution is 2.34. The van der Waals surface area contributed by atoms with Crippen LogP contribution < -0.4 is 5.73 Å². The van der Waals surface area contributed by atoms with Crippen molar-refractivity contribution >= 4 is 54.7 Å². The Bertz CT molecular complexity index is 977. The molecule has 0 saturated heterocycles. The molecule has 126 valence electrons. The van der Waals surface area contributed by atoms with Crippen LogP contribution in [0.25, 0.3) is 0 Å². The smallest absolute Gasteiger partial charge is 0.337 e. The van der Waals surface area contributed by atoms with Crippen molar-refractivity contribution in [2.45, 2.75) is 9.79 Å². The molecule has 0 saturated carbocycles. The van der Waals surface area contributed by atoms with Crippen LogP contribution in [0.2, 0.25) is 5.02 Å². The number of sulfone groups is 1. The largest absolute Gasteiger partial charge is 0.478 e. The number of nitrogens with zero attached hydrogens (tertiary/aromatic N) is 1. The number of nitrogen functional groups attached to an aromatic ring is 1. The van der Waals surface area contributed by atoms with Gasteiger partial charge in [0.1, 0.15) is 5.02 Å². The molecule has 0 atom stereocenters. The maximum atomic E-state index is 12.7. The summed E-state index contributed by atoms with van der Waals surface area (Å²) >= 11 is 8.68. The van der Waals surface area contributed by atoms with Crippen LogP contribution in [0, 0.1) is 10.1 Å². The van der Waals surface area contributed by atoms with E-state index in [0.29, 0.717) is 0 Å². The highest BCUT2D eigenvalue weighted by atomic mass is 79.9. The Morgan fingerprint density at radius 1 is 1.29 bits per heavy atom. The van der Waals surface area contributed by atoms with E-state index in [0.717, 1.165) is 30.3 Å². The van der Waals surface area contributed by atoms with Crippen molar-refractivity contribution in [2.24, 2.45) is 0 Å². The number of hydrogen-bond donors (Lipinski definition) is 2. The van der Waals surface area contributed by atoms with E-state index >= 15 is 0 Å². The Morgan fingerprint density at radius 2 is 1.92 bits per heavy atom. The van der Waals surface area contributed by atoms with Gasteiger partial charge in [0.2, 0.25) is 9.84 Å². The first-order chi connectivity index (χ1) is 11.1. The maximum Gasteiger partial charge on any atom is 0.337 e. The van der Waals surface area contributed by atoms with E-state index in [1.54, 1.807) is 0 Å². The number of hydrogen-bond acceptors (Lipinski definition) is 6. The number of nitro benzene ring substituents is 1. The zero-order valence-electron chi connectivity index (χ0n) is 11.6. The Hall–Kier alpha value is -2.17. The van der Waals surface area contributed by atoms with Gasteiger partial charge in [0.15, 0.2) is 0 Å². The summed E-state index contributed by atoms with van der Waals surface area (Å²) in [7, 11) is -4.30. The molecule has 24 heavy (non-hydrogen) atoms. The van der Waals surface area contributed by atoms with Crippen molar-refractivity contribution in [1.29, 1.82) is 0 Å². The number of nitro groups is 1. The van der Waals surface area contributed by atoms with Gasteiger partial charge >= 0.3 is 5.97 Å². The van der Waals surface area contributed by atoms with Crippen molar-refractivity contribution in [3.8, 4) is 0 Å². The molecular formula is C13H8BrClN2O6S. The molecule has 0 aromatic heterocycles. The Labute approximate surface area is 149 Å². The minimum absolute atomic E-state index is 0.177. The fourth-order valence-corrected chi connectivity index (χ4v) is 4.16. The highest BCUT2D eigenvalue weighted by molar-refractivity contribution is 9.10. The molecule has 0 aliphatic carbocycles. The second kappa shape index (κ2) is 6.38. The number of rotatable bonds is 4.